The van der Waals surface area contributed by atoms with Gasteiger partial charge in [-0.3, -0.25) is 4.79 Å². The van der Waals surface area contributed by atoms with Crippen molar-refractivity contribution in [3.8, 4) is 11.8 Å². The van der Waals surface area contributed by atoms with Crippen LogP contribution in [-0.4, -0.2) is 42.8 Å². The van der Waals surface area contributed by atoms with Crippen LogP contribution in [0.15, 0.2) is 24.3 Å². The quantitative estimate of drug-likeness (QED) is 0.799. The summed E-state index contributed by atoms with van der Waals surface area (Å²) < 4.78 is 5.10. The largest absolute Gasteiger partial charge is 0.395 e. The molecule has 1 N–H and O–H groups in total. The lowest BCUT2D eigenvalue weighted by molar-refractivity contribution is -0.135. The minimum atomic E-state index is -0.0290. The van der Waals surface area contributed by atoms with E-state index in [4.69, 9.17) is 9.84 Å². The number of hydrogen-bond donors (Lipinski definition) is 1. The van der Waals surface area contributed by atoms with Crippen LogP contribution in [0.3, 0.4) is 0 Å². The molecule has 0 unspecified atom stereocenters. The second kappa shape index (κ2) is 9.13. The van der Waals surface area contributed by atoms with Gasteiger partial charge in [0.1, 0.15) is 6.61 Å². The van der Waals surface area contributed by atoms with Crippen molar-refractivity contribution in [2.45, 2.75) is 19.9 Å². The fourth-order valence-electron chi connectivity index (χ4n) is 1.58. The van der Waals surface area contributed by atoms with Crippen molar-refractivity contribution in [2.75, 3.05) is 26.9 Å². The number of likely N-dealkylation sites (N-methyl/N-ethyl adjacent to an activating group) is 1. The smallest absolute Gasteiger partial charge is 0.248 e. The Balaban J connectivity index is 2.53. The van der Waals surface area contributed by atoms with E-state index < -0.39 is 0 Å². The highest BCUT2D eigenvalue weighted by Gasteiger charge is 2.08. The SMILES string of the molecule is CCOCC(=O)N(C)Cc1ccc(C#CCCO)cc1. The number of benzene rings is 1. The van der Waals surface area contributed by atoms with Crippen LogP contribution < -0.4 is 0 Å². The third-order valence-corrected chi connectivity index (χ3v) is 2.70. The Morgan fingerprint density at radius 2 is 2.05 bits per heavy atom. The Kier molecular flexibility index (Phi) is 7.41. The van der Waals surface area contributed by atoms with Gasteiger partial charge >= 0.3 is 0 Å². The summed E-state index contributed by atoms with van der Waals surface area (Å²) >= 11 is 0. The molecular weight excluding hydrogens is 254 g/mol. The molecule has 0 fully saturated rings. The average Bonchev–Trinajstić information content (AvgIpc) is 2.46. The first-order chi connectivity index (χ1) is 9.67. The van der Waals surface area contributed by atoms with E-state index in [-0.39, 0.29) is 19.1 Å². The van der Waals surface area contributed by atoms with Crippen LogP contribution in [0, 0.1) is 11.8 Å². The summed E-state index contributed by atoms with van der Waals surface area (Å²) in [5.41, 5.74) is 1.95. The molecule has 4 heteroatoms. The molecule has 0 aliphatic heterocycles. The summed E-state index contributed by atoms with van der Waals surface area (Å²) in [6.07, 6.45) is 0.483. The first kappa shape index (κ1) is 16.2. The molecule has 0 spiro atoms. The van der Waals surface area contributed by atoms with Crippen molar-refractivity contribution in [2.24, 2.45) is 0 Å². The summed E-state index contributed by atoms with van der Waals surface area (Å²) in [4.78, 5) is 13.3. The molecule has 0 aromatic heterocycles. The maximum atomic E-state index is 11.7. The van der Waals surface area contributed by atoms with Crippen LogP contribution >= 0.6 is 0 Å². The lowest BCUT2D eigenvalue weighted by atomic mass is 10.1. The fraction of sp³-hybridized carbons (Fsp3) is 0.438. The highest BCUT2D eigenvalue weighted by Crippen LogP contribution is 2.06. The summed E-state index contributed by atoms with van der Waals surface area (Å²) in [6, 6.07) is 7.74. The molecule has 0 saturated heterocycles. The number of hydrogen-bond acceptors (Lipinski definition) is 3. The second-order valence-electron chi connectivity index (χ2n) is 4.36. The van der Waals surface area contributed by atoms with Crippen LogP contribution in [0.4, 0.5) is 0 Å². The number of carbonyl (C=O) groups is 1. The van der Waals surface area contributed by atoms with Gasteiger partial charge in [0.2, 0.25) is 5.91 Å². The fourth-order valence-corrected chi connectivity index (χ4v) is 1.58. The zero-order chi connectivity index (χ0) is 14.8. The van der Waals surface area contributed by atoms with Gasteiger partial charge < -0.3 is 14.7 Å². The lowest BCUT2D eigenvalue weighted by Gasteiger charge is -2.17. The Bertz CT molecular complexity index is 471. The average molecular weight is 275 g/mol. The molecular formula is C16H21NO3. The lowest BCUT2D eigenvalue weighted by Crippen LogP contribution is -2.29. The molecule has 1 aromatic carbocycles. The molecule has 20 heavy (non-hydrogen) atoms. The summed E-state index contributed by atoms with van der Waals surface area (Å²) in [7, 11) is 1.76. The van der Waals surface area contributed by atoms with Crippen LogP contribution in [0.1, 0.15) is 24.5 Å². The number of aliphatic hydroxyl groups is 1. The first-order valence-electron chi connectivity index (χ1n) is 6.67. The summed E-state index contributed by atoms with van der Waals surface area (Å²) in [5.74, 6) is 5.81. The number of ether oxygens (including phenoxy) is 1. The highest BCUT2D eigenvalue weighted by molar-refractivity contribution is 5.77. The maximum Gasteiger partial charge on any atom is 0.248 e. The molecule has 0 atom stereocenters. The second-order valence-corrected chi connectivity index (χ2v) is 4.36. The molecule has 0 heterocycles. The zero-order valence-electron chi connectivity index (χ0n) is 12.1. The van der Waals surface area contributed by atoms with Gasteiger partial charge in [-0.25, -0.2) is 0 Å². The molecule has 0 saturated carbocycles. The van der Waals surface area contributed by atoms with Crippen molar-refractivity contribution in [3.05, 3.63) is 35.4 Å². The Morgan fingerprint density at radius 1 is 1.35 bits per heavy atom. The van der Waals surface area contributed by atoms with Gasteiger partial charge in [-0.15, -0.1) is 0 Å². The molecule has 4 nitrogen and oxygen atoms in total. The Labute approximate surface area is 120 Å². The molecule has 0 aliphatic rings. The van der Waals surface area contributed by atoms with Crippen LogP contribution in [0.25, 0.3) is 0 Å². The number of carbonyl (C=O) groups excluding carboxylic acids is 1. The number of amides is 1. The third kappa shape index (κ3) is 5.87. The van der Waals surface area contributed by atoms with E-state index in [9.17, 15) is 4.79 Å². The molecule has 1 aromatic rings. The van der Waals surface area contributed by atoms with E-state index in [0.717, 1.165) is 11.1 Å². The third-order valence-electron chi connectivity index (χ3n) is 2.70. The van der Waals surface area contributed by atoms with Gasteiger partial charge in [0.25, 0.3) is 0 Å². The van der Waals surface area contributed by atoms with Crippen LogP contribution in [0.2, 0.25) is 0 Å². The standard InChI is InChI=1S/C16H21NO3/c1-3-20-13-16(19)17(2)12-15-9-7-14(8-10-15)6-4-5-11-18/h7-10,18H,3,5,11-13H2,1-2H3. The molecule has 1 amide bonds. The van der Waals surface area contributed by atoms with Gasteiger partial charge in [-0.1, -0.05) is 24.0 Å². The van der Waals surface area contributed by atoms with Gasteiger partial charge in [-0.2, -0.15) is 0 Å². The number of nitrogens with zero attached hydrogens (tertiary/aromatic N) is 1. The highest BCUT2D eigenvalue weighted by atomic mass is 16.5. The normalized spacial score (nSPS) is 9.75. The number of aliphatic hydroxyl groups excluding tert-OH is 1. The topological polar surface area (TPSA) is 49.8 Å². The van der Waals surface area contributed by atoms with Gasteiger partial charge in [-0.05, 0) is 24.6 Å². The van der Waals surface area contributed by atoms with Gasteiger partial charge in [0, 0.05) is 32.2 Å². The van der Waals surface area contributed by atoms with Gasteiger partial charge in [0.15, 0.2) is 0 Å². The zero-order valence-corrected chi connectivity index (χ0v) is 12.1. The van der Waals surface area contributed by atoms with Crippen molar-refractivity contribution < 1.29 is 14.6 Å². The van der Waals surface area contributed by atoms with E-state index in [1.807, 2.05) is 31.2 Å². The summed E-state index contributed by atoms with van der Waals surface area (Å²) in [5, 5.41) is 8.65. The van der Waals surface area contributed by atoms with E-state index in [2.05, 4.69) is 11.8 Å². The Morgan fingerprint density at radius 3 is 2.65 bits per heavy atom. The van der Waals surface area contributed by atoms with Crippen molar-refractivity contribution in [3.63, 3.8) is 0 Å². The number of rotatable bonds is 6. The van der Waals surface area contributed by atoms with E-state index in [1.54, 1.807) is 11.9 Å². The predicted octanol–water partition coefficient (Wildman–Crippen LogP) is 1.42. The monoisotopic (exact) mass is 275 g/mol. The molecule has 108 valence electrons. The molecule has 0 aliphatic carbocycles. The van der Waals surface area contributed by atoms with E-state index >= 15 is 0 Å². The summed E-state index contributed by atoms with van der Waals surface area (Å²) in [6.45, 7) is 3.16. The van der Waals surface area contributed by atoms with Crippen LogP contribution in [0.5, 0.6) is 0 Å². The Hall–Kier alpha value is -1.83. The van der Waals surface area contributed by atoms with E-state index in [0.29, 0.717) is 19.6 Å². The molecule has 1 rings (SSSR count). The van der Waals surface area contributed by atoms with Crippen molar-refractivity contribution in [1.82, 2.24) is 4.90 Å². The molecule has 0 bridgehead atoms. The minimum Gasteiger partial charge on any atom is -0.395 e. The first-order valence-corrected chi connectivity index (χ1v) is 6.67. The van der Waals surface area contributed by atoms with Crippen molar-refractivity contribution in [1.29, 1.82) is 0 Å². The maximum absolute atomic E-state index is 11.7. The molecule has 0 radical (unpaired) electrons. The van der Waals surface area contributed by atoms with Crippen LogP contribution in [-0.2, 0) is 16.1 Å². The minimum absolute atomic E-state index is 0.0290. The van der Waals surface area contributed by atoms with E-state index in [1.165, 1.54) is 0 Å². The van der Waals surface area contributed by atoms with Gasteiger partial charge in [0.05, 0.1) is 6.61 Å². The predicted molar refractivity (Wildman–Crippen MR) is 78.0 cm³/mol. The van der Waals surface area contributed by atoms with Crippen molar-refractivity contribution >= 4 is 5.91 Å².